The van der Waals surface area contributed by atoms with Crippen LogP contribution in [0.2, 0.25) is 0 Å². The van der Waals surface area contributed by atoms with Crippen molar-refractivity contribution >= 4 is 0 Å². The molecule has 0 fully saturated rings. The lowest BCUT2D eigenvalue weighted by atomic mass is 10.5. The van der Waals surface area contributed by atoms with Crippen LogP contribution in [0.5, 0.6) is 0 Å². The highest BCUT2D eigenvalue weighted by Gasteiger charge is 1.83. The second-order valence-corrected chi connectivity index (χ2v) is 3.30. The molecule has 0 N–H and O–H groups in total. The van der Waals surface area contributed by atoms with Gasteiger partial charge in [0.2, 0.25) is 0 Å². The summed E-state index contributed by atoms with van der Waals surface area (Å²) in [5.74, 6) is 0. The van der Waals surface area contributed by atoms with Gasteiger partial charge in [-0.05, 0) is 27.2 Å². The zero-order valence-electron chi connectivity index (χ0n) is 12.9. The maximum Gasteiger partial charge on any atom is 0.0700 e. The summed E-state index contributed by atoms with van der Waals surface area (Å²) >= 11 is 0. The van der Waals surface area contributed by atoms with Crippen LogP contribution >= 0.6 is 0 Å². The molecule has 0 spiro atoms. The van der Waals surface area contributed by atoms with Crippen LogP contribution in [-0.2, 0) is 14.2 Å². The Morgan fingerprint density at radius 1 is 0.529 bits per heavy atom. The van der Waals surface area contributed by atoms with Gasteiger partial charge in [0.25, 0.3) is 0 Å². The van der Waals surface area contributed by atoms with Gasteiger partial charge in [0.1, 0.15) is 0 Å². The molecule has 0 rings (SSSR count). The van der Waals surface area contributed by atoms with Crippen molar-refractivity contribution in [3.63, 3.8) is 0 Å². The molecular weight excluding hydrogens is 216 g/mol. The third-order valence-corrected chi connectivity index (χ3v) is 1.33. The Balaban J connectivity index is -0.000000207. The van der Waals surface area contributed by atoms with Crippen LogP contribution in [-0.4, -0.2) is 39.6 Å². The minimum absolute atomic E-state index is 0.733. The van der Waals surface area contributed by atoms with Gasteiger partial charge in [0.15, 0.2) is 0 Å². The van der Waals surface area contributed by atoms with Crippen molar-refractivity contribution in [1.82, 2.24) is 0 Å². The summed E-state index contributed by atoms with van der Waals surface area (Å²) in [5.41, 5.74) is 0. The van der Waals surface area contributed by atoms with Gasteiger partial charge in [-0.1, -0.05) is 27.2 Å². The van der Waals surface area contributed by atoms with Crippen molar-refractivity contribution in [1.29, 1.82) is 0 Å². The van der Waals surface area contributed by atoms with Crippen molar-refractivity contribution < 1.29 is 14.2 Å². The number of ether oxygens (including phenoxy) is 3. The minimum atomic E-state index is 0.733. The molecule has 3 heteroatoms. The van der Waals surface area contributed by atoms with E-state index in [1.165, 1.54) is 6.42 Å². The highest BCUT2D eigenvalue weighted by Crippen LogP contribution is 1.80. The molecular formula is C14H34O3. The molecule has 0 aliphatic carbocycles. The van der Waals surface area contributed by atoms with Crippen LogP contribution < -0.4 is 0 Å². The average molecular weight is 250 g/mol. The molecule has 0 amide bonds. The van der Waals surface area contributed by atoms with E-state index in [-0.39, 0.29) is 0 Å². The van der Waals surface area contributed by atoms with Crippen molar-refractivity contribution in [3.05, 3.63) is 0 Å². The van der Waals surface area contributed by atoms with Gasteiger partial charge in [-0.15, -0.1) is 0 Å². The van der Waals surface area contributed by atoms with Gasteiger partial charge in [-0.2, -0.15) is 0 Å². The van der Waals surface area contributed by atoms with Crippen molar-refractivity contribution in [2.24, 2.45) is 0 Å². The minimum Gasteiger partial charge on any atom is -0.382 e. The molecule has 0 aromatic rings. The molecule has 0 aromatic heterocycles. The normalized spacial score (nSPS) is 8.82. The Morgan fingerprint density at radius 3 is 1.24 bits per heavy atom. The number of hydrogen-bond donors (Lipinski definition) is 0. The fourth-order valence-electron chi connectivity index (χ4n) is 0.713. The van der Waals surface area contributed by atoms with Gasteiger partial charge < -0.3 is 14.2 Å². The smallest absolute Gasteiger partial charge is 0.0700 e. The van der Waals surface area contributed by atoms with E-state index in [4.69, 9.17) is 14.2 Å². The first-order chi connectivity index (χ1) is 8.24. The summed E-state index contributed by atoms with van der Waals surface area (Å²) in [6.07, 6.45) is 2.34. The molecule has 0 radical (unpaired) electrons. The first kappa shape index (κ1) is 22.1. The molecule has 0 atom stereocenters. The molecule has 17 heavy (non-hydrogen) atoms. The van der Waals surface area contributed by atoms with Gasteiger partial charge >= 0.3 is 0 Å². The van der Waals surface area contributed by atoms with Crippen molar-refractivity contribution in [2.75, 3.05) is 39.6 Å². The number of rotatable bonds is 8. The third kappa shape index (κ3) is 49.3. The van der Waals surface area contributed by atoms with E-state index in [1.807, 2.05) is 20.8 Å². The van der Waals surface area contributed by atoms with E-state index in [1.54, 1.807) is 0 Å². The summed E-state index contributed by atoms with van der Waals surface area (Å²) in [6.45, 7) is 17.1. The standard InChI is InChI=1S/C7H16O2.C4H10O.C3H8/c1-3-5-9-7-6-8-4-2;1-3-5-4-2;1-3-2/h3-7H2,1-2H3;3-4H2,1-2H3;3H2,1-2H3. The predicted molar refractivity (Wildman–Crippen MR) is 75.7 cm³/mol. The van der Waals surface area contributed by atoms with E-state index in [9.17, 15) is 0 Å². The topological polar surface area (TPSA) is 27.7 Å². The largest absolute Gasteiger partial charge is 0.382 e. The van der Waals surface area contributed by atoms with Crippen LogP contribution in [0.1, 0.15) is 54.4 Å². The van der Waals surface area contributed by atoms with E-state index >= 15 is 0 Å². The molecule has 0 aliphatic rings. The summed E-state index contributed by atoms with van der Waals surface area (Å²) in [7, 11) is 0. The molecule has 0 aliphatic heterocycles. The fraction of sp³-hybridized carbons (Fsp3) is 1.00. The summed E-state index contributed by atoms with van der Waals surface area (Å²) < 4.78 is 15.0. The number of hydrogen-bond acceptors (Lipinski definition) is 3. The van der Waals surface area contributed by atoms with Crippen molar-refractivity contribution in [3.8, 4) is 0 Å². The maximum absolute atomic E-state index is 5.16. The predicted octanol–water partition coefficient (Wildman–Crippen LogP) is 3.91. The van der Waals surface area contributed by atoms with E-state index < -0.39 is 0 Å². The van der Waals surface area contributed by atoms with Crippen LogP contribution in [0.3, 0.4) is 0 Å². The fourth-order valence-corrected chi connectivity index (χ4v) is 0.713. The van der Waals surface area contributed by atoms with Gasteiger partial charge in [0.05, 0.1) is 13.2 Å². The molecule has 0 saturated heterocycles. The first-order valence-corrected chi connectivity index (χ1v) is 6.97. The molecule has 0 bridgehead atoms. The summed E-state index contributed by atoms with van der Waals surface area (Å²) in [6, 6.07) is 0. The third-order valence-electron chi connectivity index (χ3n) is 1.33. The zero-order valence-corrected chi connectivity index (χ0v) is 12.9. The monoisotopic (exact) mass is 250 g/mol. The Hall–Kier alpha value is -0.120. The van der Waals surface area contributed by atoms with Crippen LogP contribution in [0.25, 0.3) is 0 Å². The van der Waals surface area contributed by atoms with Gasteiger partial charge in [-0.3, -0.25) is 0 Å². The van der Waals surface area contributed by atoms with Crippen LogP contribution in [0.4, 0.5) is 0 Å². The van der Waals surface area contributed by atoms with Crippen LogP contribution in [0.15, 0.2) is 0 Å². The Labute approximate surface area is 109 Å². The Morgan fingerprint density at radius 2 is 0.941 bits per heavy atom. The first-order valence-electron chi connectivity index (χ1n) is 6.97. The SMILES string of the molecule is CCC.CCCOCCOCC.CCOCC. The Kier molecular flexibility index (Phi) is 38.6. The second-order valence-electron chi connectivity index (χ2n) is 3.30. The average Bonchev–Trinajstić information content (AvgIpc) is 2.32. The van der Waals surface area contributed by atoms with E-state index in [0.717, 1.165) is 46.1 Å². The van der Waals surface area contributed by atoms with E-state index in [0.29, 0.717) is 0 Å². The van der Waals surface area contributed by atoms with Gasteiger partial charge in [-0.25, -0.2) is 0 Å². The molecule has 0 unspecified atom stereocenters. The van der Waals surface area contributed by atoms with Crippen LogP contribution in [0, 0.1) is 0 Å². The molecule has 0 aromatic carbocycles. The van der Waals surface area contributed by atoms with Crippen molar-refractivity contribution in [2.45, 2.75) is 54.4 Å². The zero-order chi connectivity index (χ0) is 13.8. The molecule has 108 valence electrons. The van der Waals surface area contributed by atoms with Gasteiger partial charge in [0, 0.05) is 26.4 Å². The maximum atomic E-state index is 5.16. The highest BCUT2D eigenvalue weighted by atomic mass is 16.5. The molecule has 0 heterocycles. The molecule has 0 saturated carbocycles. The molecule has 3 nitrogen and oxygen atoms in total. The quantitative estimate of drug-likeness (QED) is 0.611. The lowest BCUT2D eigenvalue weighted by Gasteiger charge is -2.00. The lowest BCUT2D eigenvalue weighted by Crippen LogP contribution is -2.03. The summed E-state index contributed by atoms with van der Waals surface area (Å²) in [4.78, 5) is 0. The summed E-state index contributed by atoms with van der Waals surface area (Å²) in [5, 5.41) is 0. The highest BCUT2D eigenvalue weighted by molar-refractivity contribution is 4.28. The Bertz CT molecular complexity index is 79.5. The van der Waals surface area contributed by atoms with E-state index in [2.05, 4.69) is 20.8 Å². The lowest BCUT2D eigenvalue weighted by molar-refractivity contribution is 0.0531. The second kappa shape index (κ2) is 29.7.